The van der Waals surface area contributed by atoms with Gasteiger partial charge in [-0.25, -0.2) is 0 Å². The topological polar surface area (TPSA) is 62.1 Å². The molecule has 0 spiro atoms. The summed E-state index contributed by atoms with van der Waals surface area (Å²) in [6, 6.07) is 21.0. The maximum absolute atomic E-state index is 12.6. The predicted molar refractivity (Wildman–Crippen MR) is 134 cm³/mol. The molecule has 0 aliphatic heterocycles. The SMILES string of the molecule is C=CCc1cc(/C=C(/C#N)C(=O)Nc2ccc(C)c(Cl)c2)ccc1OCc1ccc(C)cc1. The van der Waals surface area contributed by atoms with Crippen LogP contribution in [0.2, 0.25) is 5.02 Å². The second-order valence-corrected chi connectivity index (χ2v) is 8.13. The van der Waals surface area contributed by atoms with Crippen molar-refractivity contribution in [3.63, 3.8) is 0 Å². The van der Waals surface area contributed by atoms with Gasteiger partial charge in [0.25, 0.3) is 5.91 Å². The summed E-state index contributed by atoms with van der Waals surface area (Å²) >= 11 is 6.12. The summed E-state index contributed by atoms with van der Waals surface area (Å²) in [4.78, 5) is 12.6. The Bertz CT molecular complexity index is 1240. The van der Waals surface area contributed by atoms with E-state index in [2.05, 4.69) is 24.0 Å². The van der Waals surface area contributed by atoms with Gasteiger partial charge in [-0.05, 0) is 72.9 Å². The van der Waals surface area contributed by atoms with Crippen LogP contribution in [0.5, 0.6) is 5.75 Å². The molecule has 0 saturated carbocycles. The summed E-state index contributed by atoms with van der Waals surface area (Å²) < 4.78 is 6.02. The van der Waals surface area contributed by atoms with Crippen LogP contribution < -0.4 is 10.1 Å². The number of anilines is 1. The van der Waals surface area contributed by atoms with E-state index < -0.39 is 5.91 Å². The third kappa shape index (κ3) is 6.58. The van der Waals surface area contributed by atoms with Crippen molar-refractivity contribution in [3.05, 3.63) is 112 Å². The first-order chi connectivity index (χ1) is 15.9. The van der Waals surface area contributed by atoms with Gasteiger partial charge in [-0.15, -0.1) is 6.58 Å². The monoisotopic (exact) mass is 456 g/mol. The number of carbonyl (C=O) groups is 1. The van der Waals surface area contributed by atoms with Crippen molar-refractivity contribution < 1.29 is 9.53 Å². The summed E-state index contributed by atoms with van der Waals surface area (Å²) in [7, 11) is 0. The number of hydrogen-bond acceptors (Lipinski definition) is 3. The van der Waals surface area contributed by atoms with Gasteiger partial charge in [0.05, 0.1) is 0 Å². The second kappa shape index (κ2) is 11.2. The molecule has 0 radical (unpaired) electrons. The van der Waals surface area contributed by atoms with Gasteiger partial charge >= 0.3 is 0 Å². The zero-order chi connectivity index (χ0) is 23.8. The highest BCUT2D eigenvalue weighted by Crippen LogP contribution is 2.25. The lowest BCUT2D eigenvalue weighted by Crippen LogP contribution is -2.13. The van der Waals surface area contributed by atoms with Gasteiger partial charge in [-0.3, -0.25) is 4.79 Å². The molecule has 3 aromatic carbocycles. The molecule has 0 unspecified atom stereocenters. The smallest absolute Gasteiger partial charge is 0.266 e. The summed E-state index contributed by atoms with van der Waals surface area (Å²) in [5, 5.41) is 12.8. The Morgan fingerprint density at radius 1 is 1.12 bits per heavy atom. The van der Waals surface area contributed by atoms with Crippen LogP contribution in [0, 0.1) is 25.2 Å². The first-order valence-electron chi connectivity index (χ1n) is 10.5. The Morgan fingerprint density at radius 3 is 2.55 bits per heavy atom. The molecule has 0 aliphatic rings. The summed E-state index contributed by atoms with van der Waals surface area (Å²) in [5.41, 5.74) is 5.36. The van der Waals surface area contributed by atoms with Crippen LogP contribution in [0.15, 0.2) is 78.9 Å². The van der Waals surface area contributed by atoms with Crippen molar-refractivity contribution in [2.75, 3.05) is 5.32 Å². The molecule has 0 aliphatic carbocycles. The van der Waals surface area contributed by atoms with Gasteiger partial charge in [0.2, 0.25) is 0 Å². The number of benzene rings is 3. The molecule has 1 N–H and O–H groups in total. The van der Waals surface area contributed by atoms with Gasteiger partial charge in [0.1, 0.15) is 24.0 Å². The largest absolute Gasteiger partial charge is 0.489 e. The molecule has 3 aromatic rings. The van der Waals surface area contributed by atoms with E-state index in [9.17, 15) is 10.1 Å². The fourth-order valence-corrected chi connectivity index (χ4v) is 3.36. The number of amides is 1. The molecule has 33 heavy (non-hydrogen) atoms. The third-order valence-corrected chi connectivity index (χ3v) is 5.48. The molecule has 0 aromatic heterocycles. The van der Waals surface area contributed by atoms with Crippen LogP contribution in [0.3, 0.4) is 0 Å². The Balaban J connectivity index is 1.78. The van der Waals surface area contributed by atoms with Crippen LogP contribution in [-0.4, -0.2) is 5.91 Å². The van der Waals surface area contributed by atoms with E-state index in [0.29, 0.717) is 23.7 Å². The van der Waals surface area contributed by atoms with Crippen molar-refractivity contribution in [1.29, 1.82) is 5.26 Å². The first kappa shape index (κ1) is 23.8. The zero-order valence-electron chi connectivity index (χ0n) is 18.7. The molecule has 0 fully saturated rings. The van der Waals surface area contributed by atoms with E-state index in [4.69, 9.17) is 16.3 Å². The van der Waals surface area contributed by atoms with Gasteiger partial charge in [-0.1, -0.05) is 59.6 Å². The minimum atomic E-state index is -0.498. The zero-order valence-corrected chi connectivity index (χ0v) is 19.4. The average Bonchev–Trinajstić information content (AvgIpc) is 2.80. The summed E-state index contributed by atoms with van der Waals surface area (Å²) in [6.07, 6.45) is 3.95. The highest BCUT2D eigenvalue weighted by Gasteiger charge is 2.12. The molecule has 5 heteroatoms. The van der Waals surface area contributed by atoms with E-state index in [1.165, 1.54) is 5.56 Å². The van der Waals surface area contributed by atoms with Crippen LogP contribution in [-0.2, 0) is 17.8 Å². The molecular weight excluding hydrogens is 432 g/mol. The Hall–Kier alpha value is -3.81. The number of halogens is 1. The highest BCUT2D eigenvalue weighted by molar-refractivity contribution is 6.31. The van der Waals surface area contributed by atoms with Gasteiger partial charge in [0, 0.05) is 10.7 Å². The van der Waals surface area contributed by atoms with Crippen molar-refractivity contribution in [2.24, 2.45) is 0 Å². The second-order valence-electron chi connectivity index (χ2n) is 7.72. The number of nitrogens with one attached hydrogen (secondary N) is 1. The van der Waals surface area contributed by atoms with Crippen molar-refractivity contribution in [2.45, 2.75) is 26.9 Å². The maximum Gasteiger partial charge on any atom is 0.266 e. The molecule has 0 atom stereocenters. The number of hydrogen-bond donors (Lipinski definition) is 1. The van der Waals surface area contributed by atoms with E-state index in [0.717, 1.165) is 28.0 Å². The molecule has 166 valence electrons. The first-order valence-corrected chi connectivity index (χ1v) is 10.9. The van der Waals surface area contributed by atoms with Crippen molar-refractivity contribution >= 4 is 29.3 Å². The van der Waals surface area contributed by atoms with Crippen molar-refractivity contribution in [1.82, 2.24) is 0 Å². The quantitative estimate of drug-likeness (QED) is 0.230. The van der Waals surface area contributed by atoms with E-state index in [1.54, 1.807) is 24.3 Å². The van der Waals surface area contributed by atoms with Gasteiger partial charge in [0.15, 0.2) is 0 Å². The van der Waals surface area contributed by atoms with E-state index >= 15 is 0 Å². The third-order valence-electron chi connectivity index (χ3n) is 5.07. The van der Waals surface area contributed by atoms with E-state index in [1.807, 2.05) is 56.3 Å². The number of nitriles is 1. The average molecular weight is 457 g/mol. The lowest BCUT2D eigenvalue weighted by Gasteiger charge is -2.12. The van der Waals surface area contributed by atoms with Crippen molar-refractivity contribution in [3.8, 4) is 11.8 Å². The predicted octanol–water partition coefficient (Wildman–Crippen LogP) is 6.81. The number of ether oxygens (including phenoxy) is 1. The maximum atomic E-state index is 12.6. The Morgan fingerprint density at radius 2 is 1.88 bits per heavy atom. The lowest BCUT2D eigenvalue weighted by atomic mass is 10.0. The highest BCUT2D eigenvalue weighted by atomic mass is 35.5. The number of allylic oxidation sites excluding steroid dienone is 1. The van der Waals surface area contributed by atoms with E-state index in [-0.39, 0.29) is 5.57 Å². The Labute approximate surface area is 199 Å². The van der Waals surface area contributed by atoms with Crippen LogP contribution in [0.1, 0.15) is 27.8 Å². The minimum absolute atomic E-state index is 0.00965. The number of carbonyl (C=O) groups excluding carboxylic acids is 1. The minimum Gasteiger partial charge on any atom is -0.489 e. The van der Waals surface area contributed by atoms with Crippen LogP contribution in [0.4, 0.5) is 5.69 Å². The fourth-order valence-electron chi connectivity index (χ4n) is 3.17. The van der Waals surface area contributed by atoms with Crippen LogP contribution >= 0.6 is 11.6 Å². The van der Waals surface area contributed by atoms with Gasteiger partial charge in [-0.2, -0.15) is 5.26 Å². The Kier molecular flexibility index (Phi) is 8.07. The normalized spacial score (nSPS) is 10.9. The van der Waals surface area contributed by atoms with Crippen LogP contribution in [0.25, 0.3) is 6.08 Å². The molecule has 0 heterocycles. The molecule has 4 nitrogen and oxygen atoms in total. The number of aryl methyl sites for hydroxylation is 2. The standard InChI is InChI=1S/C28H25ClN2O2/c1-4-5-23-14-22(11-13-27(23)33-18-21-9-6-19(2)7-10-21)15-24(17-30)28(32)31-25-12-8-20(3)26(29)16-25/h4,6-16H,1,5,18H2,2-3H3,(H,31,32)/b24-15-. The number of nitrogens with zero attached hydrogens (tertiary/aromatic N) is 1. The summed E-state index contributed by atoms with van der Waals surface area (Å²) in [5.74, 6) is 0.243. The van der Waals surface area contributed by atoms with Gasteiger partial charge < -0.3 is 10.1 Å². The molecular formula is C28H25ClN2O2. The molecule has 3 rings (SSSR count). The number of rotatable bonds is 8. The molecule has 0 saturated heterocycles. The lowest BCUT2D eigenvalue weighted by molar-refractivity contribution is -0.112. The summed E-state index contributed by atoms with van der Waals surface area (Å²) in [6.45, 7) is 8.20. The molecule has 1 amide bonds. The fraction of sp³-hybridized carbons (Fsp3) is 0.143. The molecule has 0 bridgehead atoms.